The smallest absolute Gasteiger partial charge is 0.241 e. The molecule has 2 N–H and O–H groups in total. The third-order valence-electron chi connectivity index (χ3n) is 3.25. The number of aliphatic hydroxyl groups excluding tert-OH is 1. The van der Waals surface area contributed by atoms with Crippen molar-refractivity contribution in [1.82, 2.24) is 10.2 Å². The molecule has 2 atom stereocenters. The minimum absolute atomic E-state index is 0.0582. The molecule has 0 aliphatic carbocycles. The van der Waals surface area contributed by atoms with Gasteiger partial charge in [0.15, 0.2) is 0 Å². The molecule has 0 aromatic carbocycles. The van der Waals surface area contributed by atoms with Crippen molar-refractivity contribution < 1.29 is 14.7 Å². The van der Waals surface area contributed by atoms with Crippen LogP contribution < -0.4 is 5.32 Å². The number of hydrogen-bond donors (Lipinski definition) is 2. The fourth-order valence-electron chi connectivity index (χ4n) is 2.04. The highest BCUT2D eigenvalue weighted by molar-refractivity contribution is 5.84. The van der Waals surface area contributed by atoms with Gasteiger partial charge in [-0.1, -0.05) is 6.92 Å². The molecule has 1 saturated heterocycles. The molecule has 2 amide bonds. The lowest BCUT2D eigenvalue weighted by molar-refractivity contribution is -0.135. The molecule has 98 valence electrons. The predicted molar refractivity (Wildman–Crippen MR) is 64.3 cm³/mol. The Balaban J connectivity index is 2.38. The number of amides is 2. The van der Waals surface area contributed by atoms with Crippen molar-refractivity contribution in [2.75, 3.05) is 19.6 Å². The molecule has 0 aromatic rings. The van der Waals surface area contributed by atoms with E-state index in [1.54, 1.807) is 18.7 Å². The molecule has 0 bridgehead atoms. The molecular weight excluding hydrogens is 220 g/mol. The molecule has 5 heteroatoms. The molecular formula is C12H22N2O3. The third kappa shape index (κ3) is 4.34. The summed E-state index contributed by atoms with van der Waals surface area (Å²) in [6, 6.07) is 0. The summed E-state index contributed by atoms with van der Waals surface area (Å²) < 4.78 is 0. The lowest BCUT2D eigenvalue weighted by Gasteiger charge is -2.34. The highest BCUT2D eigenvalue weighted by Crippen LogP contribution is 2.19. The van der Waals surface area contributed by atoms with E-state index < -0.39 is 0 Å². The minimum atomic E-state index is -0.379. The first-order valence-corrected chi connectivity index (χ1v) is 6.27. The van der Waals surface area contributed by atoms with Crippen LogP contribution in [0.4, 0.5) is 0 Å². The van der Waals surface area contributed by atoms with E-state index >= 15 is 0 Å². The van der Waals surface area contributed by atoms with Gasteiger partial charge in [-0.15, -0.1) is 0 Å². The van der Waals surface area contributed by atoms with E-state index in [0.29, 0.717) is 13.0 Å². The first kappa shape index (κ1) is 14.0. The van der Waals surface area contributed by atoms with Crippen LogP contribution in [0.3, 0.4) is 0 Å². The Hall–Kier alpha value is -1.10. The van der Waals surface area contributed by atoms with Crippen LogP contribution in [0.5, 0.6) is 0 Å². The number of rotatable bonds is 4. The molecule has 1 aliphatic rings. The number of carbonyl (C=O) groups is 2. The van der Waals surface area contributed by atoms with E-state index in [9.17, 15) is 14.7 Å². The van der Waals surface area contributed by atoms with E-state index in [1.165, 1.54) is 0 Å². The zero-order chi connectivity index (χ0) is 12.8. The molecule has 1 aliphatic heterocycles. The Labute approximate surface area is 102 Å². The molecule has 0 saturated carbocycles. The van der Waals surface area contributed by atoms with Crippen LogP contribution in [-0.2, 0) is 9.59 Å². The van der Waals surface area contributed by atoms with Gasteiger partial charge in [-0.2, -0.15) is 0 Å². The van der Waals surface area contributed by atoms with Gasteiger partial charge in [0.25, 0.3) is 0 Å². The quantitative estimate of drug-likeness (QED) is 0.736. The van der Waals surface area contributed by atoms with Crippen LogP contribution >= 0.6 is 0 Å². The Morgan fingerprint density at radius 2 is 2.24 bits per heavy atom. The van der Waals surface area contributed by atoms with E-state index in [2.05, 4.69) is 5.32 Å². The maximum absolute atomic E-state index is 11.8. The van der Waals surface area contributed by atoms with Gasteiger partial charge in [-0.25, -0.2) is 0 Å². The Morgan fingerprint density at radius 3 is 2.82 bits per heavy atom. The maximum atomic E-state index is 11.8. The minimum Gasteiger partial charge on any atom is -0.393 e. The largest absolute Gasteiger partial charge is 0.393 e. The molecule has 5 nitrogen and oxygen atoms in total. The average molecular weight is 242 g/mol. The Kier molecular flexibility index (Phi) is 5.41. The number of likely N-dealkylation sites (tertiary alicyclic amines) is 1. The van der Waals surface area contributed by atoms with Crippen LogP contribution in [0, 0.1) is 5.92 Å². The Morgan fingerprint density at radius 1 is 1.53 bits per heavy atom. The van der Waals surface area contributed by atoms with Gasteiger partial charge in [0, 0.05) is 25.4 Å². The molecule has 1 rings (SSSR count). The summed E-state index contributed by atoms with van der Waals surface area (Å²) in [7, 11) is 0. The fraction of sp³-hybridized carbons (Fsp3) is 0.833. The summed E-state index contributed by atoms with van der Waals surface area (Å²) in [5.41, 5.74) is 0. The van der Waals surface area contributed by atoms with Crippen LogP contribution in [0.25, 0.3) is 0 Å². The zero-order valence-corrected chi connectivity index (χ0v) is 10.6. The van der Waals surface area contributed by atoms with Crippen molar-refractivity contribution in [3.8, 4) is 0 Å². The first-order valence-electron chi connectivity index (χ1n) is 6.27. The SMILES string of the molecule is CCC(=O)NCC(=O)N1CCCC(C(C)O)C1. The number of nitrogens with one attached hydrogen (secondary N) is 1. The van der Waals surface area contributed by atoms with Gasteiger partial charge >= 0.3 is 0 Å². The van der Waals surface area contributed by atoms with E-state index in [0.717, 1.165) is 19.4 Å². The summed E-state index contributed by atoms with van der Waals surface area (Å²) in [5.74, 6) is -0.00541. The van der Waals surface area contributed by atoms with E-state index in [-0.39, 0.29) is 30.4 Å². The van der Waals surface area contributed by atoms with Gasteiger partial charge in [-0.3, -0.25) is 9.59 Å². The summed E-state index contributed by atoms with van der Waals surface area (Å²) >= 11 is 0. The van der Waals surface area contributed by atoms with Crippen LogP contribution in [-0.4, -0.2) is 47.6 Å². The zero-order valence-electron chi connectivity index (χ0n) is 10.6. The topological polar surface area (TPSA) is 69.6 Å². The fourth-order valence-corrected chi connectivity index (χ4v) is 2.04. The second-order valence-corrected chi connectivity index (χ2v) is 4.61. The molecule has 1 fully saturated rings. The summed E-state index contributed by atoms with van der Waals surface area (Å²) in [4.78, 5) is 24.6. The second kappa shape index (κ2) is 6.59. The van der Waals surface area contributed by atoms with Crippen molar-refractivity contribution >= 4 is 11.8 Å². The average Bonchev–Trinajstić information content (AvgIpc) is 2.35. The third-order valence-corrected chi connectivity index (χ3v) is 3.25. The molecule has 0 aromatic heterocycles. The van der Waals surface area contributed by atoms with Crippen molar-refractivity contribution in [3.05, 3.63) is 0 Å². The summed E-state index contributed by atoms with van der Waals surface area (Å²) in [6.07, 6.45) is 1.89. The van der Waals surface area contributed by atoms with Gasteiger partial charge in [0.1, 0.15) is 0 Å². The number of nitrogens with zero attached hydrogens (tertiary/aromatic N) is 1. The molecule has 2 unspecified atom stereocenters. The van der Waals surface area contributed by atoms with Crippen LogP contribution in [0.2, 0.25) is 0 Å². The molecule has 0 spiro atoms. The number of hydrogen-bond acceptors (Lipinski definition) is 3. The Bertz CT molecular complexity index is 279. The standard InChI is InChI=1S/C12H22N2O3/c1-3-11(16)13-7-12(17)14-6-4-5-10(8-14)9(2)15/h9-10,15H,3-8H2,1-2H3,(H,13,16). The van der Waals surface area contributed by atoms with Crippen molar-refractivity contribution in [2.24, 2.45) is 5.92 Å². The van der Waals surface area contributed by atoms with Crippen molar-refractivity contribution in [1.29, 1.82) is 0 Å². The monoisotopic (exact) mass is 242 g/mol. The van der Waals surface area contributed by atoms with Gasteiger partial charge in [0.2, 0.25) is 11.8 Å². The van der Waals surface area contributed by atoms with Gasteiger partial charge in [-0.05, 0) is 19.8 Å². The van der Waals surface area contributed by atoms with Crippen molar-refractivity contribution in [3.63, 3.8) is 0 Å². The molecule has 17 heavy (non-hydrogen) atoms. The predicted octanol–water partition coefficient (Wildman–Crippen LogP) is 0.132. The lowest BCUT2D eigenvalue weighted by atomic mass is 9.93. The van der Waals surface area contributed by atoms with Crippen LogP contribution in [0.1, 0.15) is 33.1 Å². The molecule has 0 radical (unpaired) electrons. The first-order chi connectivity index (χ1) is 8.04. The second-order valence-electron chi connectivity index (χ2n) is 4.61. The normalized spacial score (nSPS) is 22.1. The highest BCUT2D eigenvalue weighted by atomic mass is 16.3. The van der Waals surface area contributed by atoms with Crippen molar-refractivity contribution in [2.45, 2.75) is 39.2 Å². The highest BCUT2D eigenvalue weighted by Gasteiger charge is 2.26. The van der Waals surface area contributed by atoms with Gasteiger partial charge < -0.3 is 15.3 Å². The maximum Gasteiger partial charge on any atom is 0.241 e. The number of carbonyl (C=O) groups excluding carboxylic acids is 2. The summed E-state index contributed by atoms with van der Waals surface area (Å²) in [5, 5.41) is 12.1. The number of piperidine rings is 1. The lowest BCUT2D eigenvalue weighted by Crippen LogP contribution is -2.46. The summed E-state index contributed by atoms with van der Waals surface area (Å²) in [6.45, 7) is 4.91. The van der Waals surface area contributed by atoms with Crippen LogP contribution in [0.15, 0.2) is 0 Å². The van der Waals surface area contributed by atoms with E-state index in [1.807, 2.05) is 0 Å². The number of aliphatic hydroxyl groups is 1. The molecule has 1 heterocycles. The van der Waals surface area contributed by atoms with E-state index in [4.69, 9.17) is 0 Å². The van der Waals surface area contributed by atoms with Gasteiger partial charge in [0.05, 0.1) is 12.6 Å².